The van der Waals surface area contributed by atoms with Crippen LogP contribution < -0.4 is 74.8 Å². The van der Waals surface area contributed by atoms with Crippen molar-refractivity contribution in [3.63, 3.8) is 0 Å². The number of aliphatic imine (C=N–C) groups is 1. The molecule has 0 aromatic heterocycles. The number of nitrogens with zero attached hydrogens (tertiary/aromatic N) is 1. The summed E-state index contributed by atoms with van der Waals surface area (Å²) in [6.45, 7) is 24.4. The Morgan fingerprint density at radius 1 is 0.448 bits per heavy atom. The molecule has 0 heterocycles. The van der Waals surface area contributed by atoms with Crippen molar-refractivity contribution in [3.05, 3.63) is 297 Å². The number of halogens is 3. The molecule has 777 valence electrons. The Labute approximate surface area is 931 Å². The third-order valence-electron chi connectivity index (χ3n) is 34.2. The quantitative estimate of drug-likeness (QED) is 0.0300. The molecule has 9 aromatic carbocycles. The molecule has 145 heavy (non-hydrogen) atoms. The van der Waals surface area contributed by atoms with Gasteiger partial charge in [0.25, 0.3) is 0 Å². The number of methoxy groups -OCH3 is 6. The molecule has 1 unspecified atom stereocenters. The van der Waals surface area contributed by atoms with Gasteiger partial charge in [0.05, 0.1) is 60.4 Å². The zero-order valence-electron chi connectivity index (χ0n) is 90.5. The van der Waals surface area contributed by atoms with Crippen LogP contribution in [0.15, 0.2) is 253 Å². The van der Waals surface area contributed by atoms with Crippen molar-refractivity contribution in [2.75, 3.05) is 47.6 Å². The number of nitrogens with two attached hydrogens (primary N) is 2. The standard InChI is InChI=1S/C23H29NO2.C23H27NO2.C14H19N.C14H16O.C13H14O.C10H18OSi.C9H13NO2.C7H10O.C6H5I.C3H9ClSi.CH3I.CH4.B.Na.H/c2*1-23(18-7-5-4-6-8-18)19-11-9-16(13-19)22(23)24-15-17-10-12-20(25-2)14-21(17)26-3;2*1-14(11-5-3-2-4-6-11)12-8-7-10(9-12)13(14)15;14-13-11-7-6-10(8-11)12(13)9-4-2-1-3-5-9;1-12(2,3)11-10-7-8-4-5-9(10)6-8;1-11-8-4-3-7(6-10)9(5-8)12-2;8-7-4-5-1-2-6(7)3-5;7-6-4-2-1-3-5-6;1-5(2,3)4;1-2;;;;/h4-8,10,12,14,16,19,22,24H,9,11,13,15H2,1-3H3;4-8,10,12,14,16,19H,9,11,13,15H2,1-3H3;2-6,10,12-13H,7-9,15H2,1H3;2-6,10,12H,7-9H2,1H3;1-5,10-12H,6-8H2;7-9H,4-6H2,1-3H3;3-5H,6,10H2,1-2H3;5-6H,1-4H2;1-5H;1-3H3;1H3;1H4;;;/q;;;;;;;;;;;;;+1;-1/t16-,19+,22?,23+;16-,19+,23+;10-,12+,13-,14+;10-,12+,14+;10-,11+,12+;8-,9+;;5-,6+;;;;;;;/m111100.0......./s1. The maximum Gasteiger partial charge on any atom is 1.00 e. The van der Waals surface area contributed by atoms with E-state index in [9.17, 15) is 14.4 Å². The molecule has 23 rings (SSSR count). The molecular formula is C124H168BClI2N4NaO10Si2. The Bertz CT molecular complexity index is 5600. The number of carbonyl (C=O) groups is 3. The van der Waals surface area contributed by atoms with Crippen LogP contribution in [0.1, 0.15) is 228 Å². The minimum atomic E-state index is -1.33. The van der Waals surface area contributed by atoms with E-state index in [4.69, 9.17) is 60.4 Å². The van der Waals surface area contributed by atoms with Gasteiger partial charge in [0.15, 0.2) is 0 Å². The van der Waals surface area contributed by atoms with Gasteiger partial charge in [-0.3, -0.25) is 19.4 Å². The summed E-state index contributed by atoms with van der Waals surface area (Å²) >= 11 is 10.1. The summed E-state index contributed by atoms with van der Waals surface area (Å²) < 4.78 is 39.2. The number of ketones is 3. The smallest absolute Gasteiger partial charge is 1.00 e. The van der Waals surface area contributed by atoms with E-state index in [1.807, 2.05) is 102 Å². The number of carbonyl (C=O) groups excluding carboxylic acids is 3. The number of allylic oxidation sites excluding steroid dienone is 2. The topological polar surface area (TPSA) is 192 Å². The predicted octanol–water partition coefficient (Wildman–Crippen LogP) is 26.5. The average Bonchev–Trinajstić information content (AvgIpc) is 1.68. The Hall–Kier alpha value is -6.87. The summed E-state index contributed by atoms with van der Waals surface area (Å²) in [5.74, 6) is 17.5. The zero-order valence-corrected chi connectivity index (χ0v) is 98.6. The van der Waals surface area contributed by atoms with Crippen LogP contribution in [0.4, 0.5) is 0 Å². The molecular weight excluding hydrogens is 2080 g/mol. The molecule has 13 fully saturated rings. The first-order valence-electron chi connectivity index (χ1n) is 52.7. The Morgan fingerprint density at radius 2 is 0.876 bits per heavy atom. The van der Waals surface area contributed by atoms with Crippen LogP contribution >= 0.6 is 56.3 Å². The average molecular weight is 2250 g/mol. The fourth-order valence-electron chi connectivity index (χ4n) is 26.7. The van der Waals surface area contributed by atoms with Gasteiger partial charge in [-0.15, -0.1) is 0 Å². The number of nitrogens with one attached hydrogen (secondary N) is 1. The summed E-state index contributed by atoms with van der Waals surface area (Å²) in [6, 6.07) is 82.2. The van der Waals surface area contributed by atoms with Gasteiger partial charge in [0.1, 0.15) is 59.2 Å². The molecule has 21 heteroatoms. The van der Waals surface area contributed by atoms with Gasteiger partial charge in [0, 0.05) is 130 Å². The fourth-order valence-corrected chi connectivity index (χ4v) is 28.0. The number of hydrogen-bond donors (Lipinski definition) is 3. The van der Waals surface area contributed by atoms with E-state index in [-0.39, 0.29) is 74.4 Å². The van der Waals surface area contributed by atoms with Crippen molar-refractivity contribution >= 4 is 103 Å². The summed E-state index contributed by atoms with van der Waals surface area (Å²) in [6.07, 6.45) is 30.3. The number of benzene rings is 9. The molecule has 5 N–H and O–H groups in total. The van der Waals surface area contributed by atoms with Gasteiger partial charge < -0.3 is 51.1 Å². The molecule has 21 atom stereocenters. The summed E-state index contributed by atoms with van der Waals surface area (Å²) in [5.41, 5.74) is 23.7. The molecule has 9 aromatic rings. The van der Waals surface area contributed by atoms with Crippen molar-refractivity contribution in [3.8, 4) is 34.5 Å². The SMILES string of the molecule is C.CI.COc1ccc(CN)c(OC)c1.COc1ccc(CN=C2[C@@H]3CC[C@@H](C3)[C@]2(C)c2ccccc2)c(OC)c1.COc1ccc(CNC2[C@@H]3CC[C@@H](C3)[C@]2(C)c2ccccc2)c(OC)c1.C[C@@]1(c2ccccc2)C(=O)[C@@H]2CC[C@H]1C2.C[C@]1(c2ccccc2)[C@H]2CC[C@H](C2)[C@H]1N.C[Si](C)(C)Cl.C[Si](C)(C)OC1=C[C@H]2CC[C@@H]1C2.Ic1ccccc1.O=C1C[C@H]2CC[C@@H]1C2.O=C1[C@@H]2CC[C@@H](C2)[C@H]1c1ccccc1.[B].[H-].[Na+]. The Kier molecular flexibility index (Phi) is 45.9. The molecule has 3 radical (unpaired) electrons. The molecule has 14 bridgehead atoms. The summed E-state index contributed by atoms with van der Waals surface area (Å²) in [4.78, 5) is 42.2. The predicted molar refractivity (Wildman–Crippen MR) is 620 cm³/mol. The van der Waals surface area contributed by atoms with Crippen molar-refractivity contribution < 1.29 is 78.2 Å². The molecule has 0 aliphatic heterocycles. The molecule has 14 aliphatic rings. The van der Waals surface area contributed by atoms with Gasteiger partial charge in [-0.05, 0) is 325 Å². The fraction of sp³-hybridized carbons (Fsp3) is 0.516. The van der Waals surface area contributed by atoms with Crippen molar-refractivity contribution in [1.82, 2.24) is 5.32 Å². The van der Waals surface area contributed by atoms with Crippen LogP contribution in [0.2, 0.25) is 39.3 Å². The largest absolute Gasteiger partial charge is 1.00 e. The minimum absolute atomic E-state index is 0. The third-order valence-corrected chi connectivity index (χ3v) is 35.7. The first-order valence-corrected chi connectivity index (χ1v) is 63.8. The van der Waals surface area contributed by atoms with Crippen LogP contribution in [0.5, 0.6) is 34.5 Å². The van der Waals surface area contributed by atoms with Gasteiger partial charge >= 0.3 is 29.6 Å². The van der Waals surface area contributed by atoms with E-state index in [0.717, 1.165) is 126 Å². The monoisotopic (exact) mass is 2250 g/mol. The van der Waals surface area contributed by atoms with E-state index >= 15 is 0 Å². The van der Waals surface area contributed by atoms with Gasteiger partial charge in [-0.2, -0.15) is 11.1 Å². The number of hydrogen-bond acceptors (Lipinski definition) is 14. The molecule has 0 amide bonds. The van der Waals surface area contributed by atoms with Crippen LogP contribution in [0.25, 0.3) is 0 Å². The van der Waals surface area contributed by atoms with Crippen molar-refractivity contribution in [2.45, 2.75) is 275 Å². The van der Waals surface area contributed by atoms with Crippen LogP contribution in [0.3, 0.4) is 0 Å². The first-order chi connectivity index (χ1) is 68.2. The van der Waals surface area contributed by atoms with E-state index in [1.165, 1.54) is 158 Å². The second-order valence-corrected chi connectivity index (χ2v) is 57.8. The number of rotatable bonds is 19. The Balaban J connectivity index is 0.000000185. The number of ether oxygens (including phenoxy) is 6. The van der Waals surface area contributed by atoms with E-state index in [0.29, 0.717) is 83.9 Å². The van der Waals surface area contributed by atoms with Crippen LogP contribution in [-0.4, -0.2) is 107 Å². The summed E-state index contributed by atoms with van der Waals surface area (Å²) in [7, 11) is 7.57. The van der Waals surface area contributed by atoms with Gasteiger partial charge in [-0.1, -0.05) is 245 Å². The molecule has 14 nitrogen and oxygen atoms in total. The second kappa shape index (κ2) is 55.4. The molecule has 0 saturated heterocycles. The van der Waals surface area contributed by atoms with E-state index in [2.05, 4.69) is 263 Å². The summed E-state index contributed by atoms with van der Waals surface area (Å²) in [5, 5.41) is 3.91. The first kappa shape index (κ1) is 120. The minimum Gasteiger partial charge on any atom is -1.00 e. The number of fused-ring (bicyclic) bond motifs is 14. The van der Waals surface area contributed by atoms with Crippen LogP contribution in [-0.2, 0) is 60.1 Å². The van der Waals surface area contributed by atoms with E-state index in [1.54, 1.807) is 42.7 Å². The van der Waals surface area contributed by atoms with Crippen molar-refractivity contribution in [1.29, 1.82) is 0 Å². The Morgan fingerprint density at radius 3 is 1.30 bits per heavy atom. The van der Waals surface area contributed by atoms with Gasteiger partial charge in [-0.25, -0.2) is 0 Å². The maximum absolute atomic E-state index is 12.3. The van der Waals surface area contributed by atoms with Crippen LogP contribution in [0, 0.1) is 86.4 Å². The maximum atomic E-state index is 12.3. The second-order valence-electron chi connectivity index (χ2n) is 44.6. The molecule has 0 spiro atoms. The normalized spacial score (nSPS) is 29.2. The molecule has 13 saturated carbocycles. The third kappa shape index (κ3) is 29.3. The molecule has 14 aliphatic carbocycles. The van der Waals surface area contributed by atoms with Crippen molar-refractivity contribution in [2.24, 2.45) is 99.3 Å². The number of Topliss-reactive ketones (excluding diaryl/α,β-unsaturated/α-hetero) is 3. The van der Waals surface area contributed by atoms with Gasteiger partial charge in [0.2, 0.25) is 8.32 Å². The van der Waals surface area contributed by atoms with E-state index < -0.39 is 15.7 Å². The number of alkyl halides is 1. The zero-order chi connectivity index (χ0) is 102.